The van der Waals surface area contributed by atoms with Crippen LogP contribution in [-0.2, 0) is 6.54 Å². The molecule has 1 N–H and O–H groups in total. The van der Waals surface area contributed by atoms with Crippen LogP contribution >= 0.6 is 24.0 Å². The van der Waals surface area contributed by atoms with E-state index in [0.29, 0.717) is 6.54 Å². The number of aliphatic imine (C=N–C) groups is 1. The Hall–Kier alpha value is -2.69. The standard InChI is InChI=1S/C21H26N8.HI/c1-2-22-21(28-14-12-27(13-15-28)19-6-3-4-8-23-19)25-17-18-7-10-24-20(16-18)29-11-5-9-26-29;/h3-11,16H,2,12-15,17H2,1H3,(H,22,25);1H. The van der Waals surface area contributed by atoms with Gasteiger partial charge in [-0.2, -0.15) is 5.10 Å². The van der Waals surface area contributed by atoms with E-state index >= 15 is 0 Å². The van der Waals surface area contributed by atoms with Crippen LogP contribution in [0.3, 0.4) is 0 Å². The van der Waals surface area contributed by atoms with Gasteiger partial charge in [0.2, 0.25) is 0 Å². The van der Waals surface area contributed by atoms with Crippen molar-refractivity contribution in [1.82, 2.24) is 30.0 Å². The summed E-state index contributed by atoms with van der Waals surface area (Å²) in [6, 6.07) is 12.0. The zero-order valence-electron chi connectivity index (χ0n) is 17.1. The van der Waals surface area contributed by atoms with Crippen LogP contribution in [0.15, 0.2) is 66.2 Å². The molecule has 0 atom stereocenters. The first-order valence-electron chi connectivity index (χ1n) is 9.97. The van der Waals surface area contributed by atoms with Crippen molar-refractivity contribution in [3.05, 3.63) is 66.7 Å². The van der Waals surface area contributed by atoms with E-state index in [0.717, 1.165) is 55.9 Å². The maximum atomic E-state index is 4.87. The monoisotopic (exact) mass is 518 g/mol. The van der Waals surface area contributed by atoms with Gasteiger partial charge in [0.1, 0.15) is 5.82 Å². The van der Waals surface area contributed by atoms with Crippen molar-refractivity contribution >= 4 is 35.8 Å². The van der Waals surface area contributed by atoms with Crippen molar-refractivity contribution in [2.75, 3.05) is 37.6 Å². The molecule has 0 aromatic carbocycles. The van der Waals surface area contributed by atoms with Crippen LogP contribution in [-0.4, -0.2) is 63.3 Å². The fraction of sp³-hybridized carbons (Fsp3) is 0.333. The van der Waals surface area contributed by atoms with Gasteiger partial charge in [-0.1, -0.05) is 6.07 Å². The number of nitrogens with zero attached hydrogens (tertiary/aromatic N) is 7. The van der Waals surface area contributed by atoms with Crippen LogP contribution in [0.5, 0.6) is 0 Å². The molecule has 9 heteroatoms. The quantitative estimate of drug-likeness (QED) is 0.318. The molecule has 0 bridgehead atoms. The molecule has 1 aliphatic rings. The maximum Gasteiger partial charge on any atom is 0.194 e. The van der Waals surface area contributed by atoms with Gasteiger partial charge in [0.25, 0.3) is 0 Å². The van der Waals surface area contributed by atoms with Crippen molar-refractivity contribution < 1.29 is 0 Å². The van der Waals surface area contributed by atoms with Gasteiger partial charge in [-0.3, -0.25) is 0 Å². The molecule has 4 heterocycles. The number of pyridine rings is 2. The molecule has 30 heavy (non-hydrogen) atoms. The normalized spacial score (nSPS) is 14.4. The molecule has 158 valence electrons. The number of hydrogen-bond donors (Lipinski definition) is 1. The third-order valence-corrected chi connectivity index (χ3v) is 4.85. The molecular formula is C21H27IN8. The SMILES string of the molecule is CCNC(=NCc1ccnc(-n2cccn2)c1)N1CCN(c2ccccn2)CC1.I. The van der Waals surface area contributed by atoms with Crippen molar-refractivity contribution in [3.63, 3.8) is 0 Å². The van der Waals surface area contributed by atoms with E-state index in [1.54, 1.807) is 17.1 Å². The average Bonchev–Trinajstić information content (AvgIpc) is 3.33. The predicted octanol–water partition coefficient (Wildman–Crippen LogP) is 2.57. The Morgan fingerprint density at radius 3 is 2.53 bits per heavy atom. The van der Waals surface area contributed by atoms with Gasteiger partial charge in [-0.05, 0) is 42.8 Å². The minimum absolute atomic E-state index is 0. The summed E-state index contributed by atoms with van der Waals surface area (Å²) in [7, 11) is 0. The van der Waals surface area contributed by atoms with Gasteiger partial charge in [0.05, 0.1) is 6.54 Å². The van der Waals surface area contributed by atoms with Crippen LogP contribution in [0.1, 0.15) is 12.5 Å². The third-order valence-electron chi connectivity index (χ3n) is 4.85. The molecule has 1 fully saturated rings. The highest BCUT2D eigenvalue weighted by atomic mass is 127. The molecule has 3 aromatic heterocycles. The summed E-state index contributed by atoms with van der Waals surface area (Å²) < 4.78 is 1.76. The molecule has 8 nitrogen and oxygen atoms in total. The number of aromatic nitrogens is 4. The fourth-order valence-corrected chi connectivity index (χ4v) is 3.37. The molecule has 1 saturated heterocycles. The smallest absolute Gasteiger partial charge is 0.194 e. The number of nitrogens with one attached hydrogen (secondary N) is 1. The lowest BCUT2D eigenvalue weighted by Gasteiger charge is -2.37. The van der Waals surface area contributed by atoms with Gasteiger partial charge >= 0.3 is 0 Å². The van der Waals surface area contributed by atoms with E-state index in [-0.39, 0.29) is 24.0 Å². The number of hydrogen-bond acceptors (Lipinski definition) is 5. The minimum atomic E-state index is 0. The second-order valence-electron chi connectivity index (χ2n) is 6.81. The Bertz CT molecular complexity index is 921. The van der Waals surface area contributed by atoms with Crippen LogP contribution in [0, 0.1) is 0 Å². The Kier molecular flexibility index (Phi) is 8.00. The number of rotatable bonds is 5. The van der Waals surface area contributed by atoms with Gasteiger partial charge in [-0.25, -0.2) is 19.6 Å². The summed E-state index contributed by atoms with van der Waals surface area (Å²) in [5.74, 6) is 2.79. The van der Waals surface area contributed by atoms with Crippen LogP contribution in [0.2, 0.25) is 0 Å². The number of piperazine rings is 1. The van der Waals surface area contributed by atoms with E-state index in [1.165, 1.54) is 0 Å². The van der Waals surface area contributed by atoms with Crippen molar-refractivity contribution in [2.45, 2.75) is 13.5 Å². The number of anilines is 1. The molecule has 0 saturated carbocycles. The van der Waals surface area contributed by atoms with E-state index < -0.39 is 0 Å². The second-order valence-corrected chi connectivity index (χ2v) is 6.81. The first-order chi connectivity index (χ1) is 14.3. The van der Waals surface area contributed by atoms with Crippen LogP contribution in [0.25, 0.3) is 5.82 Å². The highest BCUT2D eigenvalue weighted by molar-refractivity contribution is 14.0. The van der Waals surface area contributed by atoms with E-state index in [1.807, 2.05) is 42.7 Å². The van der Waals surface area contributed by atoms with E-state index in [4.69, 9.17) is 4.99 Å². The Morgan fingerprint density at radius 2 is 1.83 bits per heavy atom. The van der Waals surface area contributed by atoms with Crippen molar-refractivity contribution in [2.24, 2.45) is 4.99 Å². The number of halogens is 1. The molecule has 3 aromatic rings. The zero-order valence-corrected chi connectivity index (χ0v) is 19.4. The molecule has 0 radical (unpaired) electrons. The van der Waals surface area contributed by atoms with Crippen LogP contribution < -0.4 is 10.2 Å². The molecule has 0 spiro atoms. The Morgan fingerprint density at radius 1 is 1.00 bits per heavy atom. The molecule has 0 unspecified atom stereocenters. The van der Waals surface area contributed by atoms with Crippen molar-refractivity contribution in [1.29, 1.82) is 0 Å². The minimum Gasteiger partial charge on any atom is -0.357 e. The average molecular weight is 518 g/mol. The summed E-state index contributed by atoms with van der Waals surface area (Å²) in [6.45, 7) is 7.23. The lowest BCUT2D eigenvalue weighted by atomic mass is 10.2. The van der Waals surface area contributed by atoms with Crippen LogP contribution in [0.4, 0.5) is 5.82 Å². The Balaban J connectivity index is 0.00000256. The molecule has 0 aliphatic carbocycles. The molecule has 1 aliphatic heterocycles. The van der Waals surface area contributed by atoms with E-state index in [2.05, 4.69) is 43.2 Å². The van der Waals surface area contributed by atoms with Gasteiger partial charge in [-0.15, -0.1) is 24.0 Å². The Labute approximate surface area is 194 Å². The lowest BCUT2D eigenvalue weighted by Crippen LogP contribution is -2.52. The largest absolute Gasteiger partial charge is 0.357 e. The molecular weight excluding hydrogens is 491 g/mol. The zero-order chi connectivity index (χ0) is 19.9. The van der Waals surface area contributed by atoms with Gasteiger partial charge in [0.15, 0.2) is 11.8 Å². The summed E-state index contributed by atoms with van der Waals surface area (Å²) in [5.41, 5.74) is 1.10. The van der Waals surface area contributed by atoms with Gasteiger partial charge < -0.3 is 15.1 Å². The lowest BCUT2D eigenvalue weighted by molar-refractivity contribution is 0.371. The summed E-state index contributed by atoms with van der Waals surface area (Å²) in [6.07, 6.45) is 7.29. The maximum absolute atomic E-state index is 4.87. The predicted molar refractivity (Wildman–Crippen MR) is 130 cm³/mol. The second kappa shape index (κ2) is 10.9. The van der Waals surface area contributed by atoms with Crippen molar-refractivity contribution in [3.8, 4) is 5.82 Å². The summed E-state index contributed by atoms with van der Waals surface area (Å²) in [4.78, 5) is 18.4. The fourth-order valence-electron chi connectivity index (χ4n) is 3.37. The molecule has 4 rings (SSSR count). The first-order valence-corrected chi connectivity index (χ1v) is 9.97. The third kappa shape index (κ3) is 5.47. The van der Waals surface area contributed by atoms with E-state index in [9.17, 15) is 0 Å². The van der Waals surface area contributed by atoms with Gasteiger partial charge in [0, 0.05) is 57.5 Å². The highest BCUT2D eigenvalue weighted by Gasteiger charge is 2.20. The topological polar surface area (TPSA) is 74.5 Å². The first kappa shape index (κ1) is 22.0. The summed E-state index contributed by atoms with van der Waals surface area (Å²) >= 11 is 0. The number of guanidine groups is 1. The summed E-state index contributed by atoms with van der Waals surface area (Å²) in [5, 5.41) is 7.67. The molecule has 0 amide bonds. The highest BCUT2D eigenvalue weighted by Crippen LogP contribution is 2.13.